The molecule has 0 bridgehead atoms. The van der Waals surface area contributed by atoms with Gasteiger partial charge in [-0.15, -0.1) is 53.0 Å². The first-order chi connectivity index (χ1) is 36.4. The fourth-order valence-electron chi connectivity index (χ4n) is 9.77. The summed E-state index contributed by atoms with van der Waals surface area (Å²) in [6.45, 7) is 8.01. The molecule has 0 heterocycles. The number of aryl methyl sites for hydroxylation is 1. The summed E-state index contributed by atoms with van der Waals surface area (Å²) in [5, 5.41) is -0.0840. The van der Waals surface area contributed by atoms with Crippen molar-refractivity contribution in [2.45, 2.75) is 117 Å². The molecular formula is C60H63Cl3F3O3Rb9. The zero-order valence-electron chi connectivity index (χ0n) is 49.0. The second-order valence-corrected chi connectivity index (χ2v) is 20.5. The Bertz CT molecular complexity index is 2530. The van der Waals surface area contributed by atoms with Crippen molar-refractivity contribution in [1.29, 1.82) is 0 Å². The SMILES string of the molecule is CC1CCC(C2CCC(COc3cc[c-]c(Cl)c3F)CC2)CC1.CC1CCC(c2ccc(COc3cc[c-]c(Cl)c3F)cc2)CC1.Cc1ccc(-c2ccc(COc3cc[c-]c(Cl)c3F)cc2)cc1.[Rb+].[Rb+].[Rb+].[Rb][Rb].[Rb][Rb].[Rb][Rb]. The average Bonchev–Trinajstić information content (AvgIpc) is 3.45. The number of halogens is 6. The number of hydrogen-bond acceptors (Lipinski definition) is 3. The van der Waals surface area contributed by atoms with Gasteiger partial charge in [-0.3, -0.25) is 13.2 Å². The Balaban J connectivity index is 0.000000547. The van der Waals surface area contributed by atoms with Gasteiger partial charge in [-0.2, -0.15) is 36.4 Å². The molecule has 3 fully saturated rings. The van der Waals surface area contributed by atoms with Crippen LogP contribution in [0.4, 0.5) is 13.2 Å². The molecule has 0 amide bonds. The van der Waals surface area contributed by atoms with Crippen molar-refractivity contribution in [2.24, 2.45) is 29.6 Å². The Labute approximate surface area is 775 Å². The van der Waals surface area contributed by atoms with Gasteiger partial charge in [0.25, 0.3) is 0 Å². The normalized spacial score (nSPS) is 19.0. The summed E-state index contributed by atoms with van der Waals surface area (Å²) in [4.78, 5) is 0. The summed E-state index contributed by atoms with van der Waals surface area (Å²) in [7, 11) is 0. The monoisotopic (exact) mass is 1760 g/mol. The van der Waals surface area contributed by atoms with E-state index < -0.39 is 17.5 Å². The van der Waals surface area contributed by atoms with Crippen molar-refractivity contribution >= 4 is 238 Å². The molecule has 0 saturated heterocycles. The molecule has 0 spiro atoms. The summed E-state index contributed by atoms with van der Waals surface area (Å²) in [5.74, 6) is 3.84. The molecule has 3 saturated carbocycles. The molecule has 78 heavy (non-hydrogen) atoms. The van der Waals surface area contributed by atoms with Gasteiger partial charge in [-0.05, 0) is 137 Å². The van der Waals surface area contributed by atoms with Gasteiger partial charge in [0.2, 0.25) is 0 Å². The van der Waals surface area contributed by atoms with E-state index >= 15 is 0 Å². The van der Waals surface area contributed by atoms with Crippen molar-refractivity contribution < 1.29 is 202 Å². The fourth-order valence-corrected chi connectivity index (χ4v) is 10.2. The van der Waals surface area contributed by atoms with Gasteiger partial charge in [0.1, 0.15) is 13.2 Å². The Morgan fingerprint density at radius 2 is 0.782 bits per heavy atom. The summed E-state index contributed by atoms with van der Waals surface area (Å²) < 4.78 is 58.0. The van der Waals surface area contributed by atoms with Crippen LogP contribution in [0.25, 0.3) is 11.1 Å². The van der Waals surface area contributed by atoms with E-state index in [1.807, 2.05) is 24.3 Å². The zero-order chi connectivity index (χ0) is 54.7. The number of benzene rings is 6. The van der Waals surface area contributed by atoms with Crippen LogP contribution in [0.3, 0.4) is 0 Å². The molecule has 0 aliphatic heterocycles. The molecule has 0 unspecified atom stereocenters. The molecule has 6 aromatic rings. The van der Waals surface area contributed by atoms with E-state index in [9.17, 15) is 13.2 Å². The standard InChI is InChI=1S/C20H27ClFO.C20H21ClFO.C20H15ClFO.9Rb/c3*1-14-5-9-16(10-6-14)17-11-7-15(8-12-17)13-23-19-4-2-3-18(21)20(19)22;;;;;;;;;/h2,4,14-17H,5-13H2,1H3;2,4,7-8,11-12,14,16H,5-6,9-10,13H2,1H3;2,4-12H,13H2,1H3;;;;;;;;;/q3*-1;;;;;;;3*+1. The first-order valence-electron chi connectivity index (χ1n) is 27.6. The minimum atomic E-state index is -0.578. The predicted molar refractivity (Wildman–Crippen MR) is 309 cm³/mol. The first kappa shape index (κ1) is 87.6. The van der Waals surface area contributed by atoms with E-state index in [1.165, 1.54) is 99.8 Å². The van der Waals surface area contributed by atoms with Crippen molar-refractivity contribution in [3.05, 3.63) is 182 Å². The van der Waals surface area contributed by atoms with Gasteiger partial charge in [0.05, 0.1) is 24.1 Å². The predicted octanol–water partition coefficient (Wildman–Crippen LogP) is 7.00. The van der Waals surface area contributed by atoms with Gasteiger partial charge in [-0.25, -0.2) is 0 Å². The molecule has 18 heteroatoms. The quantitative estimate of drug-likeness (QED) is 0.124. The maximum absolute atomic E-state index is 13.8. The third-order valence-corrected chi connectivity index (χ3v) is 15.1. The molecule has 372 valence electrons. The molecule has 3 aliphatic rings. The number of ether oxygens (including phenoxy) is 3. The van der Waals surface area contributed by atoms with Gasteiger partial charge < -0.3 is 14.2 Å². The van der Waals surface area contributed by atoms with Crippen LogP contribution in [0, 0.1) is 72.2 Å². The molecule has 9 rings (SSSR count). The summed E-state index contributed by atoms with van der Waals surface area (Å²) in [6.07, 6.45) is 15.9. The third kappa shape index (κ3) is 33.3. The molecule has 6 aromatic carbocycles. The van der Waals surface area contributed by atoms with E-state index in [0.29, 0.717) is 25.0 Å². The first-order valence-corrected chi connectivity index (χ1v) is 131. The molecule has 0 radical (unpaired) electrons. The number of hydrogen-bond donors (Lipinski definition) is 0. The Morgan fingerprint density at radius 3 is 1.18 bits per heavy atom. The van der Waals surface area contributed by atoms with Gasteiger partial charge in [-0.1, -0.05) is 118 Å². The van der Waals surface area contributed by atoms with Gasteiger partial charge >= 0.3 is 378 Å². The van der Waals surface area contributed by atoms with Crippen LogP contribution in [-0.2, 0) is 13.2 Å². The Morgan fingerprint density at radius 1 is 0.449 bits per heavy atom. The van der Waals surface area contributed by atoms with Gasteiger partial charge in [0.15, 0.2) is 0 Å². The van der Waals surface area contributed by atoms with Crippen LogP contribution in [0.5, 0.6) is 17.2 Å². The second kappa shape index (κ2) is 52.7. The van der Waals surface area contributed by atoms with Crippen molar-refractivity contribution in [3.8, 4) is 28.4 Å². The van der Waals surface area contributed by atoms with E-state index in [0.717, 1.165) is 243 Å². The zero-order valence-corrected chi connectivity index (χ0v) is 95.5. The average molecular weight is 1760 g/mol. The third-order valence-electron chi connectivity index (χ3n) is 14.2. The summed E-state index contributed by atoms with van der Waals surface area (Å²) in [5.41, 5.74) is 6.94. The molecule has 0 atom stereocenters. The van der Waals surface area contributed by atoms with Crippen LogP contribution in [0.1, 0.15) is 119 Å². The summed E-state index contributed by atoms with van der Waals surface area (Å²) >= 11 is 24.1. The van der Waals surface area contributed by atoms with Crippen LogP contribution in [-0.4, -0.2) is 210 Å². The molecule has 0 N–H and O–H groups in total. The maximum atomic E-state index is 13.8. The van der Waals surface area contributed by atoms with Crippen molar-refractivity contribution in [1.82, 2.24) is 0 Å². The van der Waals surface area contributed by atoms with Crippen molar-refractivity contribution in [2.75, 3.05) is 6.61 Å². The molecular weight excluding hydrogens is 1700 g/mol. The molecule has 3 nitrogen and oxygen atoms in total. The van der Waals surface area contributed by atoms with E-state index in [2.05, 4.69) is 87.5 Å². The van der Waals surface area contributed by atoms with Crippen LogP contribution in [0.15, 0.2) is 109 Å². The Hall–Kier alpha value is 11.6. The van der Waals surface area contributed by atoms with Crippen LogP contribution >= 0.6 is 34.8 Å². The van der Waals surface area contributed by atoms with Crippen LogP contribution < -0.4 is 189 Å². The van der Waals surface area contributed by atoms with Gasteiger partial charge in [0, 0.05) is 17.2 Å². The fraction of sp³-hybridized carbons (Fsp3) is 0.400. The molecule has 3 aliphatic carbocycles. The number of rotatable bonds is 12. The second-order valence-electron chi connectivity index (χ2n) is 19.4. The minimum absolute atomic E-state index is 0. The Kier molecular flexibility index (Phi) is 59.2. The van der Waals surface area contributed by atoms with E-state index in [-0.39, 0.29) is 213 Å². The summed E-state index contributed by atoms with van der Waals surface area (Å²) in [6, 6.07) is 42.1. The van der Waals surface area contributed by atoms with Crippen LogP contribution in [0.2, 0.25) is 15.1 Å². The van der Waals surface area contributed by atoms with Crippen molar-refractivity contribution in [3.63, 3.8) is 0 Å². The topological polar surface area (TPSA) is 27.7 Å². The van der Waals surface area contributed by atoms with E-state index in [1.54, 1.807) is 30.3 Å². The van der Waals surface area contributed by atoms with E-state index in [4.69, 9.17) is 49.0 Å². The molecule has 0 aromatic heterocycles.